The summed E-state index contributed by atoms with van der Waals surface area (Å²) in [6, 6.07) is 19.5. The van der Waals surface area contributed by atoms with Gasteiger partial charge in [-0.2, -0.15) is 0 Å². The second-order valence-corrected chi connectivity index (χ2v) is 10.1. The molecule has 1 aromatic heterocycles. The van der Waals surface area contributed by atoms with Crippen molar-refractivity contribution in [2.45, 2.75) is 18.3 Å². The molecule has 0 spiro atoms. The zero-order chi connectivity index (χ0) is 14.1. The third-order valence-electron chi connectivity index (χ3n) is 3.60. The summed E-state index contributed by atoms with van der Waals surface area (Å²) in [7, 11) is 0. The van der Waals surface area contributed by atoms with Gasteiger partial charge in [0.2, 0.25) is 0 Å². The van der Waals surface area contributed by atoms with Gasteiger partial charge in [-0.1, -0.05) is 0 Å². The Morgan fingerprint density at radius 2 is 1.60 bits per heavy atom. The molecular formula is C18H18AsN. The number of hydrogen-bond donors (Lipinski definition) is 0. The molecule has 100 valence electrons. The van der Waals surface area contributed by atoms with E-state index in [4.69, 9.17) is 4.98 Å². The van der Waals surface area contributed by atoms with Crippen LogP contribution in [0.1, 0.15) is 5.56 Å². The summed E-state index contributed by atoms with van der Waals surface area (Å²) in [5.74, 6) is 0. The summed E-state index contributed by atoms with van der Waals surface area (Å²) in [6.07, 6.45) is 0. The molecule has 0 aliphatic carbocycles. The Balaban J connectivity index is 2.07. The third kappa shape index (κ3) is 2.51. The Bertz CT molecular complexity index is 745. The summed E-state index contributed by atoms with van der Waals surface area (Å²) in [4.78, 5) is 4.83. The van der Waals surface area contributed by atoms with Crippen molar-refractivity contribution in [2.75, 3.05) is 0 Å². The molecule has 0 bridgehead atoms. The van der Waals surface area contributed by atoms with Crippen molar-refractivity contribution in [2.24, 2.45) is 0 Å². The van der Waals surface area contributed by atoms with E-state index in [9.17, 15) is 0 Å². The van der Waals surface area contributed by atoms with Crippen LogP contribution in [-0.4, -0.2) is 19.6 Å². The van der Waals surface area contributed by atoms with Crippen LogP contribution in [0.3, 0.4) is 0 Å². The molecule has 0 atom stereocenters. The first-order valence-corrected chi connectivity index (χ1v) is 11.5. The summed E-state index contributed by atoms with van der Waals surface area (Å²) < 4.78 is 1.51. The van der Waals surface area contributed by atoms with Gasteiger partial charge >= 0.3 is 125 Å². The van der Waals surface area contributed by atoms with Crippen LogP contribution in [0, 0.1) is 6.92 Å². The molecule has 0 aliphatic heterocycles. The van der Waals surface area contributed by atoms with Gasteiger partial charge in [-0.05, 0) is 0 Å². The van der Waals surface area contributed by atoms with Crippen molar-refractivity contribution in [1.82, 2.24) is 4.98 Å². The summed E-state index contributed by atoms with van der Waals surface area (Å²) in [5.41, 5.74) is 9.32. The number of fused-ring (bicyclic) bond motifs is 1. The molecule has 0 saturated heterocycles. The van der Waals surface area contributed by atoms with Gasteiger partial charge in [-0.25, -0.2) is 0 Å². The van der Waals surface area contributed by atoms with Gasteiger partial charge < -0.3 is 0 Å². The van der Waals surface area contributed by atoms with Gasteiger partial charge in [0.1, 0.15) is 0 Å². The van der Waals surface area contributed by atoms with Gasteiger partial charge in [-0.15, -0.1) is 0 Å². The van der Waals surface area contributed by atoms with Gasteiger partial charge in [0.05, 0.1) is 0 Å². The molecule has 0 radical (unpaired) electrons. The zero-order valence-corrected chi connectivity index (χ0v) is 14.0. The maximum atomic E-state index is 4.83. The van der Waals surface area contributed by atoms with Crippen LogP contribution in [0.2, 0.25) is 11.4 Å². The van der Waals surface area contributed by atoms with Crippen molar-refractivity contribution >= 4 is 29.9 Å². The number of para-hydroxylation sites is 1. The van der Waals surface area contributed by atoms with E-state index in [1.165, 1.54) is 20.9 Å². The van der Waals surface area contributed by atoms with Crippen molar-refractivity contribution < 1.29 is 0 Å². The fraction of sp³-hybridized carbons (Fsp3) is 0.167. The van der Waals surface area contributed by atoms with E-state index in [0.717, 1.165) is 11.2 Å². The van der Waals surface area contributed by atoms with E-state index in [-0.39, 0.29) is 0 Å². The average molecular weight is 323 g/mol. The number of benzene rings is 2. The van der Waals surface area contributed by atoms with Gasteiger partial charge in [0.15, 0.2) is 0 Å². The molecule has 2 heteroatoms. The zero-order valence-electron chi connectivity index (χ0n) is 12.1. The third-order valence-corrected chi connectivity index (χ3v) is 6.39. The molecule has 0 fully saturated rings. The number of pyridine rings is 1. The Hall–Kier alpha value is -1.59. The number of aromatic nitrogens is 1. The average Bonchev–Trinajstić information content (AvgIpc) is 2.47. The van der Waals surface area contributed by atoms with E-state index in [1.807, 2.05) is 0 Å². The Morgan fingerprint density at radius 1 is 0.850 bits per heavy atom. The predicted molar refractivity (Wildman–Crippen MR) is 89.0 cm³/mol. The quantitative estimate of drug-likeness (QED) is 0.645. The normalized spacial score (nSPS) is 11.2. The maximum absolute atomic E-state index is 4.83. The minimum absolute atomic E-state index is 0.776. The molecule has 3 aromatic rings. The van der Waals surface area contributed by atoms with Crippen LogP contribution in [-0.2, 0) is 0 Å². The van der Waals surface area contributed by atoms with Crippen LogP contribution < -0.4 is 4.35 Å². The molecule has 1 heterocycles. The molecule has 1 nitrogen and oxygen atoms in total. The minimum atomic E-state index is -0.776. The van der Waals surface area contributed by atoms with Gasteiger partial charge in [0.25, 0.3) is 0 Å². The molecule has 3 rings (SSSR count). The molecule has 0 aliphatic rings. The fourth-order valence-electron chi connectivity index (χ4n) is 2.39. The molecule has 0 saturated carbocycles. The Morgan fingerprint density at radius 3 is 2.30 bits per heavy atom. The van der Waals surface area contributed by atoms with Gasteiger partial charge in [-0.3, -0.25) is 0 Å². The van der Waals surface area contributed by atoms with Crippen molar-refractivity contribution in [3.8, 4) is 11.3 Å². The SMILES string of the molecule is Cc1cccc2ccc(-c3ccc([As](C)C)cc3)nc12. The monoisotopic (exact) mass is 323 g/mol. The van der Waals surface area contributed by atoms with E-state index < -0.39 is 14.7 Å². The number of rotatable bonds is 2. The standard InChI is InChI=1S/C18H18AsN/c1-13-5-4-6-15-9-12-17(20-18(13)15)14-7-10-16(11-8-14)19(2)3/h4-12H,1-3H3. The molecule has 0 unspecified atom stereocenters. The second-order valence-electron chi connectivity index (χ2n) is 5.28. The summed E-state index contributed by atoms with van der Waals surface area (Å²) >= 11 is -0.776. The number of hydrogen-bond acceptors (Lipinski definition) is 1. The van der Waals surface area contributed by atoms with Crippen LogP contribution in [0.25, 0.3) is 22.2 Å². The predicted octanol–water partition coefficient (Wildman–Crippen LogP) is 4.17. The summed E-state index contributed by atoms with van der Waals surface area (Å²) in [6.45, 7) is 2.12. The first-order valence-electron chi connectivity index (χ1n) is 6.79. The topological polar surface area (TPSA) is 12.9 Å². The number of nitrogens with zero attached hydrogens (tertiary/aromatic N) is 1. The molecule has 0 amide bonds. The molecule has 0 N–H and O–H groups in total. The first-order chi connectivity index (χ1) is 9.65. The van der Waals surface area contributed by atoms with E-state index in [0.29, 0.717) is 0 Å². The Kier molecular flexibility index (Phi) is 3.63. The summed E-state index contributed by atoms with van der Waals surface area (Å²) in [5, 5.41) is 1.21. The van der Waals surface area contributed by atoms with E-state index in [2.05, 4.69) is 72.9 Å². The molecule has 2 aromatic carbocycles. The van der Waals surface area contributed by atoms with Crippen molar-refractivity contribution in [3.63, 3.8) is 0 Å². The fourth-order valence-corrected chi connectivity index (χ4v) is 3.95. The first kappa shape index (κ1) is 13.4. The van der Waals surface area contributed by atoms with E-state index >= 15 is 0 Å². The Labute approximate surface area is 124 Å². The van der Waals surface area contributed by atoms with Crippen LogP contribution in [0.15, 0.2) is 54.6 Å². The van der Waals surface area contributed by atoms with E-state index in [1.54, 1.807) is 0 Å². The van der Waals surface area contributed by atoms with Crippen molar-refractivity contribution in [3.05, 3.63) is 60.2 Å². The van der Waals surface area contributed by atoms with Gasteiger partial charge in [0, 0.05) is 0 Å². The van der Waals surface area contributed by atoms with Crippen LogP contribution in [0.5, 0.6) is 0 Å². The second kappa shape index (κ2) is 5.42. The van der Waals surface area contributed by atoms with Crippen LogP contribution >= 0.6 is 0 Å². The molecular weight excluding hydrogens is 305 g/mol. The molecule has 20 heavy (non-hydrogen) atoms. The number of aryl methyl sites for hydroxylation is 1. The van der Waals surface area contributed by atoms with Crippen molar-refractivity contribution in [1.29, 1.82) is 0 Å². The van der Waals surface area contributed by atoms with Crippen LogP contribution in [0.4, 0.5) is 0 Å².